The van der Waals surface area contributed by atoms with Crippen LogP contribution in [0.2, 0.25) is 0 Å². The SMILES string of the molecule is O=C(c1ccncc1)N1CCN(C(=O)[C@H]2CC(=O)N(c3cccc(C(F)(F)F)c3)C2)CC1. The van der Waals surface area contributed by atoms with Crippen molar-refractivity contribution >= 4 is 23.4 Å². The molecule has 3 amide bonds. The Bertz CT molecular complexity index is 1020. The largest absolute Gasteiger partial charge is 0.416 e. The molecular weight excluding hydrogens is 425 g/mol. The number of alkyl halides is 3. The van der Waals surface area contributed by atoms with Gasteiger partial charge in [0.2, 0.25) is 11.8 Å². The van der Waals surface area contributed by atoms with Gasteiger partial charge in [-0.3, -0.25) is 19.4 Å². The van der Waals surface area contributed by atoms with Gasteiger partial charge in [-0.05, 0) is 30.3 Å². The van der Waals surface area contributed by atoms with Gasteiger partial charge in [-0.2, -0.15) is 13.2 Å². The minimum absolute atomic E-state index is 0.0368. The van der Waals surface area contributed by atoms with Crippen LogP contribution in [0.25, 0.3) is 0 Å². The molecule has 0 N–H and O–H groups in total. The third-order valence-corrected chi connectivity index (χ3v) is 5.77. The molecule has 1 aromatic carbocycles. The summed E-state index contributed by atoms with van der Waals surface area (Å²) in [5.74, 6) is -1.36. The fraction of sp³-hybridized carbons (Fsp3) is 0.364. The summed E-state index contributed by atoms with van der Waals surface area (Å²) in [6.45, 7) is 1.44. The van der Waals surface area contributed by atoms with Crippen LogP contribution in [0, 0.1) is 5.92 Å². The van der Waals surface area contributed by atoms with E-state index in [2.05, 4.69) is 4.98 Å². The van der Waals surface area contributed by atoms with E-state index in [0.29, 0.717) is 31.7 Å². The van der Waals surface area contributed by atoms with E-state index in [4.69, 9.17) is 0 Å². The number of rotatable bonds is 3. The molecule has 0 radical (unpaired) electrons. The Morgan fingerprint density at radius 1 is 0.969 bits per heavy atom. The smallest absolute Gasteiger partial charge is 0.339 e. The van der Waals surface area contributed by atoms with Crippen molar-refractivity contribution in [1.82, 2.24) is 14.8 Å². The number of hydrogen-bond donors (Lipinski definition) is 0. The summed E-state index contributed by atoms with van der Waals surface area (Å²) < 4.78 is 39.0. The van der Waals surface area contributed by atoms with Crippen LogP contribution in [0.4, 0.5) is 18.9 Å². The highest BCUT2D eigenvalue weighted by molar-refractivity contribution is 6.00. The average Bonchev–Trinajstić information content (AvgIpc) is 3.20. The lowest BCUT2D eigenvalue weighted by Gasteiger charge is -2.36. The minimum Gasteiger partial charge on any atom is -0.339 e. The lowest BCUT2D eigenvalue weighted by molar-refractivity contribution is -0.138. The van der Waals surface area contributed by atoms with Gasteiger partial charge in [0.25, 0.3) is 5.91 Å². The van der Waals surface area contributed by atoms with E-state index in [1.54, 1.807) is 34.3 Å². The summed E-state index contributed by atoms with van der Waals surface area (Å²) in [6, 6.07) is 7.81. The molecule has 2 aliphatic rings. The molecule has 0 aliphatic carbocycles. The molecule has 1 atom stereocenters. The first-order chi connectivity index (χ1) is 15.2. The van der Waals surface area contributed by atoms with Gasteiger partial charge >= 0.3 is 6.18 Å². The fourth-order valence-electron chi connectivity index (χ4n) is 4.04. The van der Waals surface area contributed by atoms with Crippen molar-refractivity contribution in [1.29, 1.82) is 0 Å². The molecule has 0 unspecified atom stereocenters. The Morgan fingerprint density at radius 3 is 2.28 bits per heavy atom. The molecule has 0 bridgehead atoms. The van der Waals surface area contributed by atoms with Crippen LogP contribution in [0.5, 0.6) is 0 Å². The highest BCUT2D eigenvalue weighted by atomic mass is 19.4. The second-order valence-corrected chi connectivity index (χ2v) is 7.81. The molecule has 2 fully saturated rings. The number of nitrogens with zero attached hydrogens (tertiary/aromatic N) is 4. The number of carbonyl (C=O) groups is 3. The second kappa shape index (κ2) is 8.60. The first kappa shape index (κ1) is 21.8. The van der Waals surface area contributed by atoms with Crippen molar-refractivity contribution in [2.24, 2.45) is 5.92 Å². The summed E-state index contributed by atoms with van der Waals surface area (Å²) in [6.07, 6.45) is -1.48. The van der Waals surface area contributed by atoms with Crippen LogP contribution < -0.4 is 4.90 Å². The van der Waals surface area contributed by atoms with Crippen LogP contribution in [-0.4, -0.2) is 65.2 Å². The van der Waals surface area contributed by atoms with Crippen molar-refractivity contribution in [2.75, 3.05) is 37.6 Å². The highest BCUT2D eigenvalue weighted by Crippen LogP contribution is 2.33. The molecule has 2 saturated heterocycles. The van der Waals surface area contributed by atoms with Crippen LogP contribution in [0.3, 0.4) is 0 Å². The molecule has 32 heavy (non-hydrogen) atoms. The zero-order chi connectivity index (χ0) is 22.9. The van der Waals surface area contributed by atoms with E-state index in [0.717, 1.165) is 12.1 Å². The number of anilines is 1. The molecule has 1 aromatic heterocycles. The Balaban J connectivity index is 1.37. The number of benzene rings is 1. The third-order valence-electron chi connectivity index (χ3n) is 5.77. The van der Waals surface area contributed by atoms with Gasteiger partial charge in [0.1, 0.15) is 0 Å². The summed E-state index contributed by atoms with van der Waals surface area (Å²) >= 11 is 0. The van der Waals surface area contributed by atoms with Gasteiger partial charge in [-0.1, -0.05) is 6.07 Å². The number of halogens is 3. The van der Waals surface area contributed by atoms with Crippen molar-refractivity contribution in [3.05, 3.63) is 59.9 Å². The quantitative estimate of drug-likeness (QED) is 0.726. The lowest BCUT2D eigenvalue weighted by atomic mass is 10.1. The summed E-state index contributed by atoms with van der Waals surface area (Å²) in [5.41, 5.74) is -0.182. The Hall–Kier alpha value is -3.43. The van der Waals surface area contributed by atoms with Gasteiger partial charge < -0.3 is 14.7 Å². The van der Waals surface area contributed by atoms with Gasteiger partial charge in [-0.25, -0.2) is 0 Å². The minimum atomic E-state index is -4.51. The second-order valence-electron chi connectivity index (χ2n) is 7.81. The number of amides is 3. The molecule has 4 rings (SSSR count). The van der Waals surface area contributed by atoms with E-state index < -0.39 is 17.7 Å². The fourth-order valence-corrected chi connectivity index (χ4v) is 4.04. The summed E-state index contributed by atoms with van der Waals surface area (Å²) in [4.78, 5) is 46.3. The van der Waals surface area contributed by atoms with Crippen molar-refractivity contribution in [3.8, 4) is 0 Å². The summed E-state index contributed by atoms with van der Waals surface area (Å²) in [7, 11) is 0. The van der Waals surface area contributed by atoms with E-state index in [-0.39, 0.29) is 36.4 Å². The lowest BCUT2D eigenvalue weighted by Crippen LogP contribution is -2.52. The number of carbonyl (C=O) groups excluding carboxylic acids is 3. The summed E-state index contributed by atoms with van der Waals surface area (Å²) in [5, 5.41) is 0. The monoisotopic (exact) mass is 446 g/mol. The Kier molecular flexibility index (Phi) is 5.86. The zero-order valence-corrected chi connectivity index (χ0v) is 17.1. The number of aromatic nitrogens is 1. The Morgan fingerprint density at radius 2 is 1.62 bits per heavy atom. The van der Waals surface area contributed by atoms with Crippen molar-refractivity contribution < 1.29 is 27.6 Å². The topological polar surface area (TPSA) is 73.8 Å². The van der Waals surface area contributed by atoms with Crippen LogP contribution in [0.15, 0.2) is 48.8 Å². The Labute approximate surface area is 182 Å². The molecule has 10 heteroatoms. The molecule has 7 nitrogen and oxygen atoms in total. The zero-order valence-electron chi connectivity index (χ0n) is 17.1. The number of piperazine rings is 1. The molecule has 2 aromatic rings. The normalized spacial score (nSPS) is 19.4. The van der Waals surface area contributed by atoms with Gasteiger partial charge in [0.05, 0.1) is 11.5 Å². The van der Waals surface area contributed by atoms with Crippen LogP contribution in [0.1, 0.15) is 22.3 Å². The van der Waals surface area contributed by atoms with Crippen molar-refractivity contribution in [2.45, 2.75) is 12.6 Å². The van der Waals surface area contributed by atoms with Gasteiger partial charge in [0, 0.05) is 62.8 Å². The van der Waals surface area contributed by atoms with Gasteiger partial charge in [-0.15, -0.1) is 0 Å². The number of hydrogen-bond acceptors (Lipinski definition) is 4. The first-order valence-electron chi connectivity index (χ1n) is 10.2. The molecule has 0 spiro atoms. The van der Waals surface area contributed by atoms with Crippen molar-refractivity contribution in [3.63, 3.8) is 0 Å². The third kappa shape index (κ3) is 4.44. The predicted molar refractivity (Wildman–Crippen MR) is 109 cm³/mol. The van der Waals surface area contributed by atoms with Crippen LogP contribution in [-0.2, 0) is 15.8 Å². The molecule has 0 saturated carbocycles. The molecular formula is C22H21F3N4O3. The molecule has 3 heterocycles. The predicted octanol–water partition coefficient (Wildman–Crippen LogP) is 2.44. The van der Waals surface area contributed by atoms with E-state index >= 15 is 0 Å². The highest BCUT2D eigenvalue weighted by Gasteiger charge is 2.39. The maximum absolute atomic E-state index is 13.0. The maximum Gasteiger partial charge on any atom is 0.416 e. The van der Waals surface area contributed by atoms with Gasteiger partial charge in [0.15, 0.2) is 0 Å². The maximum atomic E-state index is 13.0. The molecule has 168 valence electrons. The van der Waals surface area contributed by atoms with E-state index in [9.17, 15) is 27.6 Å². The van der Waals surface area contributed by atoms with Crippen LogP contribution >= 0.6 is 0 Å². The van der Waals surface area contributed by atoms with E-state index in [1.165, 1.54) is 17.0 Å². The first-order valence-corrected chi connectivity index (χ1v) is 10.2. The molecule has 2 aliphatic heterocycles. The number of pyridine rings is 1. The standard InChI is InChI=1S/C22H21F3N4O3/c23-22(24,25)17-2-1-3-18(13-17)29-14-16(12-19(29)30)21(32)28-10-8-27(9-11-28)20(31)15-4-6-26-7-5-15/h1-7,13,16H,8-12,14H2/t16-/m0/s1. The van der Waals surface area contributed by atoms with E-state index in [1.807, 2.05) is 0 Å². The average molecular weight is 446 g/mol.